The van der Waals surface area contributed by atoms with Crippen molar-refractivity contribution in [1.29, 1.82) is 0 Å². The van der Waals surface area contributed by atoms with Crippen LogP contribution in [-0.4, -0.2) is 22.4 Å². The van der Waals surface area contributed by atoms with Gasteiger partial charge in [0.25, 0.3) is 5.91 Å². The van der Waals surface area contributed by atoms with Gasteiger partial charge < -0.3 is 4.42 Å². The number of aromatic nitrogens is 2. The summed E-state index contributed by atoms with van der Waals surface area (Å²) in [6, 6.07) is 14.4. The van der Waals surface area contributed by atoms with Gasteiger partial charge in [0, 0.05) is 15.5 Å². The van der Waals surface area contributed by atoms with Gasteiger partial charge in [-0.3, -0.25) is 10.1 Å². The van der Waals surface area contributed by atoms with E-state index < -0.39 is 0 Å². The summed E-state index contributed by atoms with van der Waals surface area (Å²) in [6.07, 6.45) is 1.91. The van der Waals surface area contributed by atoms with Gasteiger partial charge in [-0.1, -0.05) is 28.8 Å². The number of benzene rings is 2. The van der Waals surface area contributed by atoms with Crippen molar-refractivity contribution >= 4 is 35.3 Å². The van der Waals surface area contributed by atoms with E-state index >= 15 is 0 Å². The second-order valence-electron chi connectivity index (χ2n) is 4.57. The zero-order valence-electron chi connectivity index (χ0n) is 12.1. The summed E-state index contributed by atoms with van der Waals surface area (Å²) in [5.41, 5.74) is 1.29. The highest BCUT2D eigenvalue weighted by Gasteiger charge is 2.15. The maximum atomic E-state index is 12.3. The lowest BCUT2D eigenvalue weighted by Gasteiger charge is -2.05. The van der Waals surface area contributed by atoms with Crippen LogP contribution >= 0.6 is 23.4 Å². The van der Waals surface area contributed by atoms with E-state index in [4.69, 9.17) is 16.0 Å². The molecular formula is C16H12ClN3O2S. The highest BCUT2D eigenvalue weighted by molar-refractivity contribution is 7.98. The number of carbonyl (C=O) groups is 1. The molecule has 0 unspecified atom stereocenters. The number of hydrogen-bond donors (Lipinski definition) is 1. The molecule has 0 aliphatic rings. The monoisotopic (exact) mass is 345 g/mol. The van der Waals surface area contributed by atoms with E-state index in [-0.39, 0.29) is 11.9 Å². The van der Waals surface area contributed by atoms with Crippen LogP contribution in [0.1, 0.15) is 10.4 Å². The lowest BCUT2D eigenvalue weighted by molar-refractivity contribution is 0.102. The molecule has 3 rings (SSSR count). The molecule has 116 valence electrons. The summed E-state index contributed by atoms with van der Waals surface area (Å²) in [4.78, 5) is 13.2. The Kier molecular flexibility index (Phi) is 4.64. The highest BCUT2D eigenvalue weighted by atomic mass is 35.5. The number of amides is 1. The number of anilines is 1. The Morgan fingerprint density at radius 2 is 1.87 bits per heavy atom. The number of nitrogens with zero attached hydrogens (tertiary/aromatic N) is 2. The third-order valence-corrected chi connectivity index (χ3v) is 4.14. The Hall–Kier alpha value is -2.31. The van der Waals surface area contributed by atoms with Crippen LogP contribution in [-0.2, 0) is 0 Å². The average molecular weight is 346 g/mol. The lowest BCUT2D eigenvalue weighted by atomic mass is 10.2. The Bertz CT molecular complexity index is 833. The van der Waals surface area contributed by atoms with Crippen LogP contribution in [0.25, 0.3) is 11.5 Å². The molecule has 0 aliphatic carbocycles. The predicted octanol–water partition coefficient (Wildman–Crippen LogP) is 4.36. The quantitative estimate of drug-likeness (QED) is 0.711. The van der Waals surface area contributed by atoms with E-state index in [0.29, 0.717) is 16.5 Å². The van der Waals surface area contributed by atoms with E-state index in [0.717, 1.165) is 10.5 Å². The fourth-order valence-electron chi connectivity index (χ4n) is 1.98. The fourth-order valence-corrected chi connectivity index (χ4v) is 2.70. The second-order valence-corrected chi connectivity index (χ2v) is 5.86. The number of carbonyl (C=O) groups excluding carboxylic acids is 1. The standard InChI is InChI=1S/C16H12ClN3O2S/c1-23-13-5-3-2-4-12(13)14(21)18-16-20-19-15(22-16)10-6-8-11(17)9-7-10/h2-9H,1H3,(H,18,20,21). The Balaban J connectivity index is 1.79. The third kappa shape index (κ3) is 3.55. The SMILES string of the molecule is CSc1ccccc1C(=O)Nc1nnc(-c2ccc(Cl)cc2)o1. The van der Waals surface area contributed by atoms with Gasteiger partial charge in [0.2, 0.25) is 5.89 Å². The van der Waals surface area contributed by atoms with Gasteiger partial charge in [-0.2, -0.15) is 0 Å². The van der Waals surface area contributed by atoms with Gasteiger partial charge in [0.15, 0.2) is 0 Å². The molecule has 1 aromatic heterocycles. The zero-order chi connectivity index (χ0) is 16.2. The van der Waals surface area contributed by atoms with Crippen molar-refractivity contribution in [3.8, 4) is 11.5 Å². The van der Waals surface area contributed by atoms with Crippen LogP contribution in [0.2, 0.25) is 5.02 Å². The summed E-state index contributed by atoms with van der Waals surface area (Å²) in [6.45, 7) is 0. The third-order valence-electron chi connectivity index (χ3n) is 3.09. The Morgan fingerprint density at radius 3 is 2.61 bits per heavy atom. The predicted molar refractivity (Wildman–Crippen MR) is 90.9 cm³/mol. The van der Waals surface area contributed by atoms with Crippen LogP contribution in [0.5, 0.6) is 0 Å². The molecule has 0 radical (unpaired) electrons. The lowest BCUT2D eigenvalue weighted by Crippen LogP contribution is -2.13. The number of nitrogens with one attached hydrogen (secondary N) is 1. The molecule has 2 aromatic carbocycles. The van der Waals surface area contributed by atoms with Gasteiger partial charge in [-0.05, 0) is 42.7 Å². The van der Waals surface area contributed by atoms with Crippen molar-refractivity contribution in [3.63, 3.8) is 0 Å². The number of halogens is 1. The molecule has 0 aliphatic heterocycles. The first kappa shape index (κ1) is 15.6. The van der Waals surface area contributed by atoms with Crippen molar-refractivity contribution in [2.75, 3.05) is 11.6 Å². The van der Waals surface area contributed by atoms with Crippen molar-refractivity contribution in [3.05, 3.63) is 59.1 Å². The summed E-state index contributed by atoms with van der Waals surface area (Å²) in [5.74, 6) is 0.0244. The Morgan fingerprint density at radius 1 is 1.13 bits per heavy atom. The number of hydrogen-bond acceptors (Lipinski definition) is 5. The van der Waals surface area contributed by atoms with E-state index in [1.807, 2.05) is 24.5 Å². The van der Waals surface area contributed by atoms with Crippen LogP contribution in [0, 0.1) is 0 Å². The van der Waals surface area contributed by atoms with E-state index in [9.17, 15) is 4.79 Å². The molecule has 5 nitrogen and oxygen atoms in total. The molecule has 23 heavy (non-hydrogen) atoms. The normalized spacial score (nSPS) is 10.5. The van der Waals surface area contributed by atoms with Crippen molar-refractivity contribution in [1.82, 2.24) is 10.2 Å². The van der Waals surface area contributed by atoms with Gasteiger partial charge in [0.05, 0.1) is 5.56 Å². The molecule has 0 saturated heterocycles. The van der Waals surface area contributed by atoms with Crippen molar-refractivity contribution < 1.29 is 9.21 Å². The smallest absolute Gasteiger partial charge is 0.322 e. The molecule has 0 bridgehead atoms. The molecular weight excluding hydrogens is 334 g/mol. The van der Waals surface area contributed by atoms with E-state index in [2.05, 4.69) is 15.5 Å². The van der Waals surface area contributed by atoms with Gasteiger partial charge in [-0.15, -0.1) is 16.9 Å². The minimum atomic E-state index is -0.291. The molecule has 3 aromatic rings. The number of thioether (sulfide) groups is 1. The van der Waals surface area contributed by atoms with E-state index in [1.165, 1.54) is 11.8 Å². The van der Waals surface area contributed by atoms with Crippen LogP contribution in [0.15, 0.2) is 57.8 Å². The van der Waals surface area contributed by atoms with Crippen molar-refractivity contribution in [2.24, 2.45) is 0 Å². The second kappa shape index (κ2) is 6.85. The molecule has 0 spiro atoms. The summed E-state index contributed by atoms with van der Waals surface area (Å²) in [5, 5.41) is 11.0. The maximum Gasteiger partial charge on any atom is 0.322 e. The van der Waals surface area contributed by atoms with Gasteiger partial charge >= 0.3 is 6.01 Å². The molecule has 7 heteroatoms. The minimum absolute atomic E-state index is 0.0517. The summed E-state index contributed by atoms with van der Waals surface area (Å²) in [7, 11) is 0. The molecule has 0 fully saturated rings. The van der Waals surface area contributed by atoms with E-state index in [1.54, 1.807) is 30.3 Å². The average Bonchev–Trinajstić information content (AvgIpc) is 3.04. The van der Waals surface area contributed by atoms with Gasteiger partial charge in [-0.25, -0.2) is 0 Å². The van der Waals surface area contributed by atoms with Crippen LogP contribution in [0.3, 0.4) is 0 Å². The van der Waals surface area contributed by atoms with Gasteiger partial charge in [0.1, 0.15) is 0 Å². The topological polar surface area (TPSA) is 68.0 Å². The Labute approximate surface area is 142 Å². The first-order valence-electron chi connectivity index (χ1n) is 6.71. The van der Waals surface area contributed by atoms with Crippen LogP contribution in [0.4, 0.5) is 6.01 Å². The molecule has 1 heterocycles. The minimum Gasteiger partial charge on any atom is -0.403 e. The molecule has 0 atom stereocenters. The first-order chi connectivity index (χ1) is 11.2. The summed E-state index contributed by atoms with van der Waals surface area (Å²) < 4.78 is 5.47. The molecule has 0 saturated carbocycles. The molecule has 1 N–H and O–H groups in total. The largest absolute Gasteiger partial charge is 0.403 e. The fraction of sp³-hybridized carbons (Fsp3) is 0.0625. The number of rotatable bonds is 4. The first-order valence-corrected chi connectivity index (χ1v) is 8.31. The summed E-state index contributed by atoms with van der Waals surface area (Å²) >= 11 is 7.34. The highest BCUT2D eigenvalue weighted by Crippen LogP contribution is 2.23. The van der Waals surface area contributed by atoms with Crippen molar-refractivity contribution in [2.45, 2.75) is 4.90 Å². The zero-order valence-corrected chi connectivity index (χ0v) is 13.7. The molecule has 1 amide bonds. The van der Waals surface area contributed by atoms with Crippen LogP contribution < -0.4 is 5.32 Å². The maximum absolute atomic E-state index is 12.3.